The largest absolute Gasteiger partial charge is 0.466 e. The Kier molecular flexibility index (Phi) is 6.70. The normalized spacial score (nSPS) is 18.7. The maximum Gasteiger partial charge on any atom is 0.293 e. The summed E-state index contributed by atoms with van der Waals surface area (Å²) in [5.41, 5.74) is 4.29. The molecular weight excluding hydrogens is 435 g/mol. The van der Waals surface area contributed by atoms with Crippen LogP contribution in [0.1, 0.15) is 42.8 Å². The van der Waals surface area contributed by atoms with E-state index in [0.717, 1.165) is 52.6 Å². The Morgan fingerprint density at radius 2 is 2.16 bits per heavy atom. The molecule has 0 spiro atoms. The third-order valence-corrected chi connectivity index (χ3v) is 6.47. The number of nitrogens with zero attached hydrogens (tertiary/aromatic N) is 2. The van der Waals surface area contributed by atoms with Gasteiger partial charge in [-0.25, -0.2) is 4.98 Å². The van der Waals surface area contributed by atoms with Crippen LogP contribution in [0.25, 0.3) is 10.9 Å². The van der Waals surface area contributed by atoms with Gasteiger partial charge in [0.05, 0.1) is 16.8 Å². The fourth-order valence-electron chi connectivity index (χ4n) is 4.48. The second-order valence-corrected chi connectivity index (χ2v) is 8.73. The topological polar surface area (TPSA) is 70.2 Å². The van der Waals surface area contributed by atoms with Crippen LogP contribution in [-0.2, 0) is 16.0 Å². The first-order valence-corrected chi connectivity index (χ1v) is 11.3. The number of pyridine rings is 1. The highest BCUT2D eigenvalue weighted by Gasteiger charge is 2.34. The molecule has 0 aliphatic carbocycles. The summed E-state index contributed by atoms with van der Waals surface area (Å²) in [7, 11) is 0. The van der Waals surface area contributed by atoms with Gasteiger partial charge >= 0.3 is 0 Å². The van der Waals surface area contributed by atoms with Crippen molar-refractivity contribution in [1.82, 2.24) is 14.9 Å². The number of aromatic amines is 1. The molecule has 31 heavy (non-hydrogen) atoms. The summed E-state index contributed by atoms with van der Waals surface area (Å²) in [5, 5.41) is 5.94. The summed E-state index contributed by atoms with van der Waals surface area (Å²) in [5.74, 6) is 1.13. The minimum atomic E-state index is -0.0474. The van der Waals surface area contributed by atoms with Crippen LogP contribution in [0.5, 0.6) is 0 Å². The number of ether oxygens (including phenoxy) is 1. The third-order valence-electron chi connectivity index (χ3n) is 5.89. The minimum absolute atomic E-state index is 0.0474. The number of carbonyl (C=O) groups is 1. The van der Waals surface area contributed by atoms with E-state index in [1.165, 1.54) is 5.56 Å². The number of carbonyl (C=O) groups excluding carboxylic acids is 1. The highest BCUT2D eigenvalue weighted by molar-refractivity contribution is 6.31. The number of nitrogens with one attached hydrogen (secondary N) is 2. The van der Waals surface area contributed by atoms with Gasteiger partial charge in [-0.2, -0.15) is 0 Å². The van der Waals surface area contributed by atoms with Crippen molar-refractivity contribution in [2.45, 2.75) is 32.2 Å². The maximum absolute atomic E-state index is 10.9. The lowest BCUT2D eigenvalue weighted by Gasteiger charge is -2.38. The lowest BCUT2D eigenvalue weighted by molar-refractivity contribution is -0.130. The zero-order valence-electron chi connectivity index (χ0n) is 17.6. The van der Waals surface area contributed by atoms with E-state index < -0.39 is 0 Å². The molecule has 0 saturated carbocycles. The van der Waals surface area contributed by atoms with Crippen LogP contribution in [0.3, 0.4) is 0 Å². The van der Waals surface area contributed by atoms with Crippen molar-refractivity contribution < 1.29 is 9.53 Å². The molecule has 1 aliphatic heterocycles. The molecule has 0 radical (unpaired) electrons. The fourth-order valence-corrected chi connectivity index (χ4v) is 4.89. The Morgan fingerprint density at radius 3 is 2.94 bits per heavy atom. The van der Waals surface area contributed by atoms with E-state index in [1.807, 2.05) is 37.3 Å². The van der Waals surface area contributed by atoms with Crippen molar-refractivity contribution in [2.24, 2.45) is 0 Å². The number of anilines is 1. The summed E-state index contributed by atoms with van der Waals surface area (Å²) < 4.78 is 5.21. The van der Waals surface area contributed by atoms with Crippen LogP contribution in [0.4, 0.5) is 5.82 Å². The average Bonchev–Trinajstić information content (AvgIpc) is 3.13. The molecule has 0 amide bonds. The molecule has 2 N–H and O–H groups in total. The SMILES string of the molecule is CCc1nc(NCCN2CC(C)c3c([nH]c4ccc(Cl)cc34)C2COC=O)ccc1Cl. The van der Waals surface area contributed by atoms with E-state index in [4.69, 9.17) is 27.9 Å². The zero-order valence-corrected chi connectivity index (χ0v) is 19.1. The van der Waals surface area contributed by atoms with Crippen molar-refractivity contribution >= 4 is 46.4 Å². The standard InChI is InChI=1S/C23H26Cl2N4O2/c1-3-18-17(25)5-7-21(27-18)26-8-9-29-11-14(2)22-16-10-15(24)4-6-19(16)28-23(22)20(29)12-31-13-30/h4-7,10,13-14,20,28H,3,8-9,11-12H2,1-2H3,(H,26,27). The number of rotatable bonds is 8. The zero-order chi connectivity index (χ0) is 22.0. The van der Waals surface area contributed by atoms with Gasteiger partial charge in [0.1, 0.15) is 12.4 Å². The van der Waals surface area contributed by atoms with E-state index in [2.05, 4.69) is 27.1 Å². The first-order valence-electron chi connectivity index (χ1n) is 10.5. The van der Waals surface area contributed by atoms with E-state index in [0.29, 0.717) is 30.6 Å². The molecule has 2 unspecified atom stereocenters. The number of H-pyrrole nitrogens is 1. The highest BCUT2D eigenvalue weighted by atomic mass is 35.5. The summed E-state index contributed by atoms with van der Waals surface area (Å²) in [6, 6.07) is 9.62. The first kappa shape index (κ1) is 21.9. The lowest BCUT2D eigenvalue weighted by Crippen LogP contribution is -2.41. The molecule has 0 saturated heterocycles. The highest BCUT2D eigenvalue weighted by Crippen LogP contribution is 2.40. The Bertz CT molecular complexity index is 1080. The van der Waals surface area contributed by atoms with Crippen molar-refractivity contribution in [2.75, 3.05) is 31.6 Å². The van der Waals surface area contributed by atoms with Crippen LogP contribution in [0.2, 0.25) is 10.0 Å². The van der Waals surface area contributed by atoms with E-state index in [-0.39, 0.29) is 6.04 Å². The quantitative estimate of drug-likeness (QED) is 0.453. The van der Waals surface area contributed by atoms with Crippen LogP contribution in [0, 0.1) is 0 Å². The van der Waals surface area contributed by atoms with Gasteiger partial charge in [0.2, 0.25) is 0 Å². The number of fused-ring (bicyclic) bond motifs is 3. The molecule has 4 rings (SSSR count). The Balaban J connectivity index is 1.55. The van der Waals surface area contributed by atoms with Gasteiger partial charge in [-0.1, -0.05) is 37.0 Å². The monoisotopic (exact) mass is 460 g/mol. The fraction of sp³-hybridized carbons (Fsp3) is 0.391. The van der Waals surface area contributed by atoms with Gasteiger partial charge in [0.15, 0.2) is 0 Å². The molecule has 3 aromatic rings. The molecule has 2 atom stereocenters. The first-order chi connectivity index (χ1) is 15.0. The molecule has 8 heteroatoms. The Morgan fingerprint density at radius 1 is 1.32 bits per heavy atom. The maximum atomic E-state index is 10.9. The van der Waals surface area contributed by atoms with Gasteiger partial charge in [0, 0.05) is 41.3 Å². The molecule has 164 valence electrons. The van der Waals surface area contributed by atoms with Gasteiger partial charge in [-0.05, 0) is 48.2 Å². The van der Waals surface area contributed by atoms with Gasteiger partial charge in [-0.3, -0.25) is 9.69 Å². The molecule has 1 aliphatic rings. The number of benzene rings is 1. The predicted molar refractivity (Wildman–Crippen MR) is 125 cm³/mol. The van der Waals surface area contributed by atoms with Crippen LogP contribution >= 0.6 is 23.2 Å². The number of aryl methyl sites for hydroxylation is 1. The smallest absolute Gasteiger partial charge is 0.293 e. The summed E-state index contributed by atoms with van der Waals surface area (Å²) in [4.78, 5) is 21.4. The lowest BCUT2D eigenvalue weighted by atomic mass is 9.89. The van der Waals surface area contributed by atoms with Crippen molar-refractivity contribution in [3.8, 4) is 0 Å². The molecule has 3 heterocycles. The number of hydrogen-bond donors (Lipinski definition) is 2. The Hall–Kier alpha value is -2.28. The number of halogens is 2. The third kappa shape index (κ3) is 4.52. The molecule has 2 aromatic heterocycles. The molecule has 1 aromatic carbocycles. The van der Waals surface area contributed by atoms with E-state index >= 15 is 0 Å². The summed E-state index contributed by atoms with van der Waals surface area (Å²) in [6.07, 6.45) is 0.788. The molecule has 0 bridgehead atoms. The minimum Gasteiger partial charge on any atom is -0.466 e. The van der Waals surface area contributed by atoms with Crippen LogP contribution < -0.4 is 5.32 Å². The second-order valence-electron chi connectivity index (χ2n) is 7.89. The summed E-state index contributed by atoms with van der Waals surface area (Å²) in [6.45, 7) is 7.41. The summed E-state index contributed by atoms with van der Waals surface area (Å²) >= 11 is 12.4. The van der Waals surface area contributed by atoms with Crippen molar-refractivity contribution in [3.63, 3.8) is 0 Å². The van der Waals surface area contributed by atoms with E-state index in [9.17, 15) is 4.79 Å². The Labute approximate surface area is 191 Å². The molecule has 0 fully saturated rings. The predicted octanol–water partition coefficient (Wildman–Crippen LogP) is 5.18. The van der Waals surface area contributed by atoms with Crippen molar-refractivity contribution in [1.29, 1.82) is 0 Å². The van der Waals surface area contributed by atoms with Gasteiger partial charge in [-0.15, -0.1) is 0 Å². The van der Waals surface area contributed by atoms with E-state index in [1.54, 1.807) is 0 Å². The molecule has 6 nitrogen and oxygen atoms in total. The second kappa shape index (κ2) is 9.47. The molecular formula is C23H26Cl2N4O2. The van der Waals surface area contributed by atoms with Crippen molar-refractivity contribution in [3.05, 3.63) is 57.3 Å². The van der Waals surface area contributed by atoms with Crippen LogP contribution in [-0.4, -0.2) is 47.6 Å². The van der Waals surface area contributed by atoms with Gasteiger partial charge in [0.25, 0.3) is 6.47 Å². The van der Waals surface area contributed by atoms with Gasteiger partial charge < -0.3 is 15.0 Å². The average molecular weight is 461 g/mol. The number of hydrogen-bond acceptors (Lipinski definition) is 5. The number of aromatic nitrogens is 2. The van der Waals surface area contributed by atoms with Crippen LogP contribution in [0.15, 0.2) is 30.3 Å².